The molecule has 1 aromatic rings. The van der Waals surface area contributed by atoms with Crippen LogP contribution in [0.25, 0.3) is 0 Å². The van der Waals surface area contributed by atoms with E-state index in [1.807, 2.05) is 0 Å². The second kappa shape index (κ2) is 7.60. The molecule has 4 saturated carbocycles. The summed E-state index contributed by atoms with van der Waals surface area (Å²) in [6, 6.07) is 6.02. The summed E-state index contributed by atoms with van der Waals surface area (Å²) in [6.45, 7) is -0.379. The van der Waals surface area contributed by atoms with Gasteiger partial charge < -0.3 is 10.1 Å². The van der Waals surface area contributed by atoms with Gasteiger partial charge in [0, 0.05) is 24.1 Å². The maximum absolute atomic E-state index is 12.9. The van der Waals surface area contributed by atoms with Crippen molar-refractivity contribution in [2.45, 2.75) is 47.7 Å². The number of esters is 1. The van der Waals surface area contributed by atoms with Gasteiger partial charge in [-0.05, 0) is 68.6 Å². The van der Waals surface area contributed by atoms with E-state index in [0.717, 1.165) is 36.4 Å². The molecule has 1 aromatic carbocycles. The number of nitrogens with one attached hydrogen (secondary N) is 1. The van der Waals surface area contributed by atoms with Crippen LogP contribution in [0.4, 0.5) is 5.69 Å². The standard InChI is InChI=1S/C21H27BrN2O5S/c1-24(2)30(27,28)17-5-3-4-16(7-17)23-18(25)12-29-19(26)20-8-14-6-15(9-20)11-21(22,10-14)13-20/h3-5,7,14-15H,6,8-13H2,1-2H3,(H,23,25). The Morgan fingerprint density at radius 2 is 1.87 bits per heavy atom. The summed E-state index contributed by atoms with van der Waals surface area (Å²) >= 11 is 3.88. The van der Waals surface area contributed by atoms with Gasteiger partial charge >= 0.3 is 5.97 Å². The lowest BCUT2D eigenvalue weighted by atomic mass is 9.49. The lowest BCUT2D eigenvalue weighted by Gasteiger charge is -2.58. The number of halogens is 1. The van der Waals surface area contributed by atoms with Crippen molar-refractivity contribution < 1.29 is 22.7 Å². The summed E-state index contributed by atoms with van der Waals surface area (Å²) in [5.41, 5.74) is -0.138. The second-order valence-corrected chi connectivity index (χ2v) is 13.2. The van der Waals surface area contributed by atoms with Gasteiger partial charge in [-0.15, -0.1) is 0 Å². The maximum Gasteiger partial charge on any atom is 0.312 e. The lowest BCUT2D eigenvalue weighted by molar-refractivity contribution is -0.170. The smallest absolute Gasteiger partial charge is 0.312 e. The molecule has 7 nitrogen and oxygen atoms in total. The van der Waals surface area contributed by atoms with Crippen LogP contribution in [0.3, 0.4) is 0 Å². The average molecular weight is 499 g/mol. The number of sulfonamides is 1. The van der Waals surface area contributed by atoms with E-state index in [-0.39, 0.29) is 21.8 Å². The molecule has 0 radical (unpaired) electrons. The molecule has 1 amide bonds. The molecule has 2 atom stereocenters. The third-order valence-corrected chi connectivity index (χ3v) is 9.39. The van der Waals surface area contributed by atoms with E-state index in [4.69, 9.17) is 4.74 Å². The maximum atomic E-state index is 12.9. The van der Waals surface area contributed by atoms with Crippen molar-refractivity contribution in [2.24, 2.45) is 17.3 Å². The molecule has 0 aliphatic heterocycles. The van der Waals surface area contributed by atoms with Crippen LogP contribution in [0.15, 0.2) is 29.2 Å². The second-order valence-electron chi connectivity index (χ2n) is 9.33. The summed E-state index contributed by atoms with van der Waals surface area (Å²) in [6.07, 6.45) is 5.90. The summed E-state index contributed by atoms with van der Waals surface area (Å²) in [4.78, 5) is 25.4. The van der Waals surface area contributed by atoms with Crippen LogP contribution >= 0.6 is 15.9 Å². The van der Waals surface area contributed by atoms with Gasteiger partial charge in [0.25, 0.3) is 5.91 Å². The van der Waals surface area contributed by atoms with Crippen molar-refractivity contribution >= 4 is 43.5 Å². The van der Waals surface area contributed by atoms with Crippen LogP contribution in [-0.2, 0) is 24.3 Å². The number of amides is 1. The Labute approximate surface area is 185 Å². The van der Waals surface area contributed by atoms with Crippen molar-refractivity contribution in [1.82, 2.24) is 4.31 Å². The summed E-state index contributed by atoms with van der Waals surface area (Å²) < 4.78 is 31.1. The number of carbonyl (C=O) groups is 2. The van der Waals surface area contributed by atoms with Crippen molar-refractivity contribution in [3.8, 4) is 0 Å². The molecule has 0 heterocycles. The molecule has 164 valence electrons. The molecule has 4 fully saturated rings. The SMILES string of the molecule is CN(C)S(=O)(=O)c1cccc(NC(=O)COC(=O)C23CC4CC(CC(Br)(C4)C2)C3)c1. The molecular formula is C21H27BrN2O5S. The number of rotatable bonds is 6. The highest BCUT2D eigenvalue weighted by atomic mass is 79.9. The number of benzene rings is 1. The molecule has 4 aliphatic rings. The fourth-order valence-corrected chi connectivity index (χ4v) is 8.22. The van der Waals surface area contributed by atoms with Crippen LogP contribution in [0.2, 0.25) is 0 Å². The molecule has 1 N–H and O–H groups in total. The normalized spacial score (nSPS) is 32.3. The number of carbonyl (C=O) groups excluding carboxylic acids is 2. The fraction of sp³-hybridized carbons (Fsp3) is 0.619. The summed E-state index contributed by atoms with van der Waals surface area (Å²) in [7, 11) is -0.709. The highest BCUT2D eigenvalue weighted by molar-refractivity contribution is 9.10. The van der Waals surface area contributed by atoms with Crippen molar-refractivity contribution in [2.75, 3.05) is 26.0 Å². The minimum atomic E-state index is -3.60. The average Bonchev–Trinajstić information content (AvgIpc) is 2.64. The molecule has 4 aliphatic carbocycles. The fourth-order valence-electron chi connectivity index (χ4n) is 5.82. The highest BCUT2D eigenvalue weighted by Gasteiger charge is 2.60. The zero-order valence-electron chi connectivity index (χ0n) is 17.2. The largest absolute Gasteiger partial charge is 0.455 e. The van der Waals surface area contributed by atoms with E-state index in [9.17, 15) is 18.0 Å². The van der Waals surface area contributed by atoms with E-state index in [0.29, 0.717) is 17.5 Å². The molecule has 9 heteroatoms. The first-order chi connectivity index (χ1) is 14.0. The Balaban J connectivity index is 1.37. The number of hydrogen-bond acceptors (Lipinski definition) is 5. The molecule has 4 bridgehead atoms. The number of hydrogen-bond donors (Lipinski definition) is 1. The van der Waals surface area contributed by atoms with Crippen LogP contribution in [0.1, 0.15) is 38.5 Å². The quantitative estimate of drug-likeness (QED) is 0.480. The topological polar surface area (TPSA) is 92.8 Å². The zero-order chi connectivity index (χ0) is 21.7. The molecule has 0 spiro atoms. The van der Waals surface area contributed by atoms with Gasteiger partial charge in [-0.3, -0.25) is 9.59 Å². The monoisotopic (exact) mass is 498 g/mol. The van der Waals surface area contributed by atoms with Crippen LogP contribution in [0.5, 0.6) is 0 Å². The first-order valence-corrected chi connectivity index (χ1v) is 12.4. The van der Waals surface area contributed by atoms with E-state index >= 15 is 0 Å². The molecule has 5 rings (SSSR count). The van der Waals surface area contributed by atoms with Crippen molar-refractivity contribution in [3.05, 3.63) is 24.3 Å². The van der Waals surface area contributed by atoms with E-state index in [2.05, 4.69) is 21.2 Å². The van der Waals surface area contributed by atoms with E-state index < -0.39 is 21.3 Å². The third-order valence-electron chi connectivity index (χ3n) is 6.65. The Hall–Kier alpha value is -1.45. The number of nitrogens with zero attached hydrogens (tertiary/aromatic N) is 1. The highest BCUT2D eigenvalue weighted by Crippen LogP contribution is 2.64. The predicted molar refractivity (Wildman–Crippen MR) is 116 cm³/mol. The number of anilines is 1. The zero-order valence-corrected chi connectivity index (χ0v) is 19.6. The Morgan fingerprint density at radius 3 is 2.47 bits per heavy atom. The Bertz CT molecular complexity index is 963. The summed E-state index contributed by atoms with van der Waals surface area (Å²) in [5.74, 6) is 0.335. The van der Waals surface area contributed by atoms with Gasteiger partial charge in [-0.2, -0.15) is 0 Å². The van der Waals surface area contributed by atoms with Crippen molar-refractivity contribution in [3.63, 3.8) is 0 Å². The molecule has 30 heavy (non-hydrogen) atoms. The van der Waals surface area contributed by atoms with Gasteiger partial charge in [0.2, 0.25) is 10.0 Å². The predicted octanol–water partition coefficient (Wildman–Crippen LogP) is 3.15. The van der Waals surface area contributed by atoms with Gasteiger partial charge in [0.15, 0.2) is 6.61 Å². The molecule has 0 saturated heterocycles. The Morgan fingerprint density at radius 1 is 1.20 bits per heavy atom. The van der Waals surface area contributed by atoms with Crippen LogP contribution < -0.4 is 5.32 Å². The van der Waals surface area contributed by atoms with Gasteiger partial charge in [0.1, 0.15) is 0 Å². The van der Waals surface area contributed by atoms with E-state index in [1.165, 1.54) is 32.6 Å². The van der Waals surface area contributed by atoms with Crippen molar-refractivity contribution in [1.29, 1.82) is 0 Å². The van der Waals surface area contributed by atoms with Gasteiger partial charge in [0.05, 0.1) is 10.3 Å². The van der Waals surface area contributed by atoms with Crippen LogP contribution in [0, 0.1) is 17.3 Å². The molecular weight excluding hydrogens is 472 g/mol. The number of ether oxygens (including phenoxy) is 1. The van der Waals surface area contributed by atoms with E-state index in [1.54, 1.807) is 12.1 Å². The Kier molecular flexibility index (Phi) is 5.51. The molecule has 0 aromatic heterocycles. The summed E-state index contributed by atoms with van der Waals surface area (Å²) in [5, 5.41) is 2.62. The lowest BCUT2D eigenvalue weighted by Crippen LogP contribution is -2.56. The number of alkyl halides is 1. The minimum Gasteiger partial charge on any atom is -0.455 e. The first kappa shape index (κ1) is 21.8. The first-order valence-electron chi connectivity index (χ1n) is 10.2. The minimum absolute atomic E-state index is 0.0384. The molecule has 2 unspecified atom stereocenters. The van der Waals surface area contributed by atoms with Gasteiger partial charge in [-0.1, -0.05) is 22.0 Å². The van der Waals surface area contributed by atoms with Crippen LogP contribution in [-0.4, -0.2) is 49.6 Å². The van der Waals surface area contributed by atoms with Gasteiger partial charge in [-0.25, -0.2) is 12.7 Å². The third kappa shape index (κ3) is 4.03.